The van der Waals surface area contributed by atoms with Crippen molar-refractivity contribution in [1.29, 1.82) is 0 Å². The Labute approximate surface area is 186 Å². The number of aromatic nitrogens is 2. The summed E-state index contributed by atoms with van der Waals surface area (Å²) in [5, 5.41) is 3.60. The molecule has 0 unspecified atom stereocenters. The molecule has 7 nitrogen and oxygen atoms in total. The van der Waals surface area contributed by atoms with Crippen LogP contribution in [0, 0.1) is 6.92 Å². The van der Waals surface area contributed by atoms with E-state index in [-0.39, 0.29) is 5.15 Å². The third-order valence-corrected chi connectivity index (χ3v) is 5.93. The molecular weight excluding hydrogens is 412 g/mol. The van der Waals surface area contributed by atoms with Gasteiger partial charge in [-0.3, -0.25) is 4.79 Å². The Kier molecular flexibility index (Phi) is 6.06. The molecule has 2 aromatic carbocycles. The predicted molar refractivity (Wildman–Crippen MR) is 126 cm³/mol. The number of piperazine rings is 1. The van der Waals surface area contributed by atoms with Gasteiger partial charge in [-0.15, -0.1) is 0 Å². The number of hydrogen-bond acceptors (Lipinski definition) is 7. The smallest absolute Gasteiger partial charge is 0.158 e. The number of nitrogens with two attached hydrogens (primary N) is 1. The number of aldehydes is 1. The number of carbonyl (C=O) groups is 1. The van der Waals surface area contributed by atoms with Crippen LogP contribution in [0.2, 0.25) is 5.15 Å². The Balaban J connectivity index is 1.79. The average molecular weight is 437 g/mol. The van der Waals surface area contributed by atoms with Gasteiger partial charge in [0, 0.05) is 31.7 Å². The normalized spacial score (nSPS) is 14.5. The molecule has 0 radical (unpaired) electrons. The fraction of sp³-hybridized carbons (Fsp3) is 0.261. The van der Waals surface area contributed by atoms with E-state index in [0.29, 0.717) is 17.1 Å². The van der Waals surface area contributed by atoms with Gasteiger partial charge in [0.05, 0.1) is 11.4 Å². The maximum Gasteiger partial charge on any atom is 0.158 e. The number of benzene rings is 2. The summed E-state index contributed by atoms with van der Waals surface area (Å²) in [4.78, 5) is 23.9. The van der Waals surface area contributed by atoms with Crippen LogP contribution < -0.4 is 16.0 Å². The summed E-state index contributed by atoms with van der Waals surface area (Å²) in [5.41, 5.74) is 12.3. The number of rotatable bonds is 5. The molecule has 0 aliphatic carbocycles. The van der Waals surface area contributed by atoms with Crippen molar-refractivity contribution < 1.29 is 4.79 Å². The summed E-state index contributed by atoms with van der Waals surface area (Å²) in [5.74, 6) is 0.474. The summed E-state index contributed by atoms with van der Waals surface area (Å²) in [6, 6.07) is 11.9. The van der Waals surface area contributed by atoms with Crippen molar-refractivity contribution in [3.05, 3.63) is 59.0 Å². The first kappa shape index (κ1) is 21.1. The lowest BCUT2D eigenvalue weighted by Gasteiger charge is -2.35. The summed E-state index contributed by atoms with van der Waals surface area (Å²) < 4.78 is 0. The number of anilines is 4. The van der Waals surface area contributed by atoms with Crippen molar-refractivity contribution in [2.75, 3.05) is 49.2 Å². The Bertz CT molecular complexity index is 1090. The second-order valence-electron chi connectivity index (χ2n) is 7.77. The summed E-state index contributed by atoms with van der Waals surface area (Å²) >= 11 is 6.10. The molecule has 0 saturated carbocycles. The van der Waals surface area contributed by atoms with Crippen LogP contribution >= 0.6 is 11.6 Å². The molecule has 0 bridgehead atoms. The zero-order valence-electron chi connectivity index (χ0n) is 17.6. The van der Waals surface area contributed by atoms with Crippen LogP contribution in [-0.4, -0.2) is 54.4 Å². The second kappa shape index (κ2) is 8.91. The first-order valence-corrected chi connectivity index (χ1v) is 10.5. The van der Waals surface area contributed by atoms with E-state index in [1.807, 2.05) is 24.3 Å². The maximum atomic E-state index is 11.0. The molecule has 4 rings (SSSR count). The maximum absolute atomic E-state index is 11.0. The second-order valence-corrected chi connectivity index (χ2v) is 8.12. The van der Waals surface area contributed by atoms with Crippen molar-refractivity contribution in [1.82, 2.24) is 14.9 Å². The van der Waals surface area contributed by atoms with Gasteiger partial charge in [-0.25, -0.2) is 9.97 Å². The van der Waals surface area contributed by atoms with Crippen molar-refractivity contribution in [3.63, 3.8) is 0 Å². The lowest BCUT2D eigenvalue weighted by molar-refractivity contribution is 0.112. The summed E-state index contributed by atoms with van der Waals surface area (Å²) in [7, 11) is 2.14. The number of likely N-dealkylation sites (N-methyl/N-ethyl adjacent to an activating group) is 1. The lowest BCUT2D eigenvalue weighted by atomic mass is 9.97. The van der Waals surface area contributed by atoms with Gasteiger partial charge in [0.15, 0.2) is 11.0 Å². The standard InChI is InChI=1S/C23H25ClN6O/c1-15-11-20(30-9-7-29(2)8-10-30)19(28-23-21(25)22(24)26-14-27-23)12-18(15)17-5-3-16(13-31)4-6-17/h3-6,11-14H,7-10,25H2,1-2H3,(H,26,27,28). The number of nitrogen functional groups attached to an aromatic ring is 1. The molecule has 8 heteroatoms. The number of hydrogen-bond donors (Lipinski definition) is 2. The van der Waals surface area contributed by atoms with Crippen LogP contribution in [0.1, 0.15) is 15.9 Å². The van der Waals surface area contributed by atoms with Gasteiger partial charge in [-0.05, 0) is 42.8 Å². The third-order valence-electron chi connectivity index (χ3n) is 5.63. The quantitative estimate of drug-likeness (QED) is 0.461. The fourth-order valence-electron chi connectivity index (χ4n) is 3.76. The number of carbonyl (C=O) groups excluding carboxylic acids is 1. The van der Waals surface area contributed by atoms with E-state index in [2.05, 4.69) is 51.2 Å². The SMILES string of the molecule is Cc1cc(N2CCN(C)CC2)c(Nc2ncnc(Cl)c2N)cc1-c1ccc(C=O)cc1. The van der Waals surface area contributed by atoms with Crippen molar-refractivity contribution in [3.8, 4) is 11.1 Å². The van der Waals surface area contributed by atoms with Crippen LogP contribution in [0.15, 0.2) is 42.7 Å². The van der Waals surface area contributed by atoms with Crippen LogP contribution in [-0.2, 0) is 0 Å². The van der Waals surface area contributed by atoms with Gasteiger partial charge in [0.2, 0.25) is 0 Å². The minimum atomic E-state index is 0.218. The van der Waals surface area contributed by atoms with Gasteiger partial charge in [-0.2, -0.15) is 0 Å². The van der Waals surface area contributed by atoms with Gasteiger partial charge < -0.3 is 20.9 Å². The number of halogens is 1. The number of aryl methyl sites for hydroxylation is 1. The number of nitrogens with zero attached hydrogens (tertiary/aromatic N) is 4. The Hall–Kier alpha value is -3.16. The van der Waals surface area contributed by atoms with E-state index in [4.69, 9.17) is 17.3 Å². The molecular formula is C23H25ClN6O. The van der Waals surface area contributed by atoms with Crippen molar-refractivity contribution in [2.45, 2.75) is 6.92 Å². The monoisotopic (exact) mass is 436 g/mol. The van der Waals surface area contributed by atoms with E-state index in [0.717, 1.165) is 60.5 Å². The van der Waals surface area contributed by atoms with Gasteiger partial charge in [-0.1, -0.05) is 35.9 Å². The molecule has 1 aliphatic rings. The van der Waals surface area contributed by atoms with Crippen LogP contribution in [0.4, 0.5) is 22.9 Å². The van der Waals surface area contributed by atoms with Gasteiger partial charge >= 0.3 is 0 Å². The number of nitrogens with one attached hydrogen (secondary N) is 1. The molecule has 0 atom stereocenters. The highest BCUT2D eigenvalue weighted by molar-refractivity contribution is 6.32. The molecule has 3 aromatic rings. The van der Waals surface area contributed by atoms with Crippen molar-refractivity contribution >= 4 is 40.8 Å². The molecule has 1 fully saturated rings. The highest BCUT2D eigenvalue weighted by atomic mass is 35.5. The summed E-state index contributed by atoms with van der Waals surface area (Å²) in [6.07, 6.45) is 2.24. The summed E-state index contributed by atoms with van der Waals surface area (Å²) in [6.45, 7) is 5.95. The van der Waals surface area contributed by atoms with E-state index >= 15 is 0 Å². The van der Waals surface area contributed by atoms with Gasteiger partial charge in [0.25, 0.3) is 0 Å². The highest BCUT2D eigenvalue weighted by Crippen LogP contribution is 2.38. The van der Waals surface area contributed by atoms with Crippen LogP contribution in [0.3, 0.4) is 0 Å². The molecule has 1 saturated heterocycles. The topological polar surface area (TPSA) is 87.4 Å². The molecule has 2 heterocycles. The van der Waals surface area contributed by atoms with Crippen LogP contribution in [0.5, 0.6) is 0 Å². The highest BCUT2D eigenvalue weighted by Gasteiger charge is 2.20. The van der Waals surface area contributed by atoms with Crippen molar-refractivity contribution in [2.24, 2.45) is 0 Å². The minimum Gasteiger partial charge on any atom is -0.393 e. The lowest BCUT2D eigenvalue weighted by Crippen LogP contribution is -2.44. The zero-order chi connectivity index (χ0) is 22.0. The molecule has 1 aliphatic heterocycles. The minimum absolute atomic E-state index is 0.218. The predicted octanol–water partition coefficient (Wildman–Crippen LogP) is 4.00. The largest absolute Gasteiger partial charge is 0.393 e. The van der Waals surface area contributed by atoms with Crippen LogP contribution in [0.25, 0.3) is 11.1 Å². The van der Waals surface area contributed by atoms with Gasteiger partial charge in [0.1, 0.15) is 18.3 Å². The molecule has 1 aromatic heterocycles. The Morgan fingerprint density at radius 2 is 1.81 bits per heavy atom. The molecule has 31 heavy (non-hydrogen) atoms. The molecule has 3 N–H and O–H groups in total. The zero-order valence-corrected chi connectivity index (χ0v) is 18.4. The first-order valence-electron chi connectivity index (χ1n) is 10.1. The Morgan fingerprint density at radius 1 is 1.10 bits per heavy atom. The van der Waals surface area contributed by atoms with E-state index in [9.17, 15) is 4.79 Å². The molecule has 160 valence electrons. The first-order chi connectivity index (χ1) is 15.0. The Morgan fingerprint density at radius 3 is 2.48 bits per heavy atom. The van der Waals surface area contributed by atoms with E-state index < -0.39 is 0 Å². The molecule has 0 amide bonds. The molecule has 0 spiro atoms. The fourth-order valence-corrected chi connectivity index (χ4v) is 3.89. The van der Waals surface area contributed by atoms with E-state index in [1.54, 1.807) is 0 Å². The van der Waals surface area contributed by atoms with E-state index in [1.165, 1.54) is 6.33 Å². The third kappa shape index (κ3) is 4.47. The average Bonchev–Trinajstić information content (AvgIpc) is 2.78.